The third-order valence-corrected chi connectivity index (χ3v) is 3.71. The molecule has 116 valence electrons. The molecule has 3 heterocycles. The first-order valence-corrected chi connectivity index (χ1v) is 7.60. The van der Waals surface area contributed by atoms with E-state index in [-0.39, 0.29) is 0 Å². The number of nitrogens with zero attached hydrogens (tertiary/aromatic N) is 4. The highest BCUT2D eigenvalue weighted by Crippen LogP contribution is 2.27. The highest BCUT2D eigenvalue weighted by molar-refractivity contribution is 5.84. The molecular formula is C19H15N5. The Hall–Kier alpha value is -3.47. The third kappa shape index (κ3) is 2.63. The molecule has 0 saturated heterocycles. The van der Waals surface area contributed by atoms with Crippen molar-refractivity contribution in [2.75, 3.05) is 5.73 Å². The standard InChI is InChI=1S/C19H15N5/c20-18-17(16-8-4-5-11-21-16)19-22-12-15(13-24(19)23-18)10-9-14-6-2-1-3-7-14/h1-13H,(H2,20,23)/b10-9+. The Morgan fingerprint density at radius 1 is 0.875 bits per heavy atom. The lowest BCUT2D eigenvalue weighted by atomic mass is 10.2. The van der Waals surface area contributed by atoms with Crippen LogP contribution in [0, 0.1) is 0 Å². The van der Waals surface area contributed by atoms with Crippen molar-refractivity contribution in [3.05, 3.63) is 78.2 Å². The molecule has 0 aliphatic carbocycles. The lowest BCUT2D eigenvalue weighted by Crippen LogP contribution is -1.92. The Kier molecular flexibility index (Phi) is 3.51. The lowest BCUT2D eigenvalue weighted by molar-refractivity contribution is 0.942. The summed E-state index contributed by atoms with van der Waals surface area (Å²) in [6.07, 6.45) is 9.48. The van der Waals surface area contributed by atoms with Crippen molar-refractivity contribution in [3.8, 4) is 11.3 Å². The minimum Gasteiger partial charge on any atom is -0.382 e. The fourth-order valence-electron chi connectivity index (χ4n) is 2.57. The maximum Gasteiger partial charge on any atom is 0.166 e. The number of anilines is 1. The van der Waals surface area contributed by atoms with Gasteiger partial charge in [0.1, 0.15) is 0 Å². The zero-order chi connectivity index (χ0) is 16.4. The van der Waals surface area contributed by atoms with Gasteiger partial charge in [-0.05, 0) is 17.7 Å². The molecule has 0 unspecified atom stereocenters. The number of hydrogen-bond donors (Lipinski definition) is 1. The second-order valence-corrected chi connectivity index (χ2v) is 5.37. The van der Waals surface area contributed by atoms with E-state index in [1.165, 1.54) is 0 Å². The van der Waals surface area contributed by atoms with Gasteiger partial charge in [-0.2, -0.15) is 0 Å². The van der Waals surface area contributed by atoms with Gasteiger partial charge in [0.05, 0.1) is 11.3 Å². The smallest absolute Gasteiger partial charge is 0.166 e. The van der Waals surface area contributed by atoms with Crippen molar-refractivity contribution in [1.29, 1.82) is 0 Å². The van der Waals surface area contributed by atoms with Crippen LogP contribution in [-0.4, -0.2) is 19.6 Å². The number of aromatic nitrogens is 4. The van der Waals surface area contributed by atoms with E-state index in [1.807, 2.05) is 73.1 Å². The van der Waals surface area contributed by atoms with E-state index in [0.29, 0.717) is 11.5 Å². The van der Waals surface area contributed by atoms with Crippen LogP contribution < -0.4 is 5.73 Å². The van der Waals surface area contributed by atoms with Crippen LogP contribution >= 0.6 is 0 Å². The normalized spacial score (nSPS) is 11.3. The molecule has 0 amide bonds. The van der Waals surface area contributed by atoms with E-state index in [2.05, 4.69) is 15.1 Å². The topological polar surface area (TPSA) is 69.1 Å². The summed E-state index contributed by atoms with van der Waals surface area (Å²) in [5.41, 5.74) is 10.4. The molecule has 0 saturated carbocycles. The molecule has 0 bridgehead atoms. The van der Waals surface area contributed by atoms with Crippen LogP contribution in [0.25, 0.3) is 29.1 Å². The Morgan fingerprint density at radius 3 is 2.46 bits per heavy atom. The molecule has 0 spiro atoms. The quantitative estimate of drug-likeness (QED) is 0.628. The SMILES string of the molecule is Nc1nn2cc(/C=C/c3ccccc3)cnc2c1-c1ccccn1. The molecule has 0 radical (unpaired) electrons. The minimum atomic E-state index is 0.422. The highest BCUT2D eigenvalue weighted by Gasteiger charge is 2.14. The van der Waals surface area contributed by atoms with E-state index >= 15 is 0 Å². The molecule has 4 aromatic rings. The van der Waals surface area contributed by atoms with Gasteiger partial charge < -0.3 is 5.73 Å². The molecule has 2 N–H and O–H groups in total. The Bertz CT molecular complexity index is 1000. The molecule has 0 aliphatic heterocycles. The average molecular weight is 313 g/mol. The minimum absolute atomic E-state index is 0.422. The summed E-state index contributed by atoms with van der Waals surface area (Å²) in [5.74, 6) is 0.422. The van der Waals surface area contributed by atoms with Crippen LogP contribution in [0.4, 0.5) is 5.82 Å². The van der Waals surface area contributed by atoms with Crippen molar-refractivity contribution in [1.82, 2.24) is 19.6 Å². The van der Waals surface area contributed by atoms with Gasteiger partial charge in [0.25, 0.3) is 0 Å². The van der Waals surface area contributed by atoms with Crippen LogP contribution in [0.1, 0.15) is 11.1 Å². The molecule has 0 aliphatic rings. The molecule has 3 aromatic heterocycles. The third-order valence-electron chi connectivity index (χ3n) is 3.71. The van der Waals surface area contributed by atoms with Gasteiger partial charge >= 0.3 is 0 Å². The summed E-state index contributed by atoms with van der Waals surface area (Å²) >= 11 is 0. The van der Waals surface area contributed by atoms with E-state index in [0.717, 1.165) is 22.4 Å². The molecule has 1 aromatic carbocycles. The van der Waals surface area contributed by atoms with Gasteiger partial charge in [-0.25, -0.2) is 9.50 Å². The van der Waals surface area contributed by atoms with Gasteiger partial charge in [-0.3, -0.25) is 4.98 Å². The van der Waals surface area contributed by atoms with Crippen molar-refractivity contribution >= 4 is 23.6 Å². The summed E-state index contributed by atoms with van der Waals surface area (Å²) in [6.45, 7) is 0. The number of benzene rings is 1. The van der Waals surface area contributed by atoms with Crippen LogP contribution in [-0.2, 0) is 0 Å². The Labute approximate surface area is 139 Å². The number of pyridine rings is 1. The number of rotatable bonds is 3. The van der Waals surface area contributed by atoms with Gasteiger partial charge in [-0.15, -0.1) is 5.10 Å². The second-order valence-electron chi connectivity index (χ2n) is 5.37. The van der Waals surface area contributed by atoms with Gasteiger partial charge in [0.2, 0.25) is 0 Å². The lowest BCUT2D eigenvalue weighted by Gasteiger charge is -1.99. The van der Waals surface area contributed by atoms with Gasteiger partial charge in [0.15, 0.2) is 11.5 Å². The van der Waals surface area contributed by atoms with Crippen LogP contribution in [0.3, 0.4) is 0 Å². The first kappa shape index (κ1) is 14.1. The predicted octanol–water partition coefficient (Wildman–Crippen LogP) is 3.54. The largest absolute Gasteiger partial charge is 0.382 e. The van der Waals surface area contributed by atoms with Crippen molar-refractivity contribution in [3.63, 3.8) is 0 Å². The molecule has 24 heavy (non-hydrogen) atoms. The number of hydrogen-bond acceptors (Lipinski definition) is 4. The van der Waals surface area contributed by atoms with E-state index in [9.17, 15) is 0 Å². The Morgan fingerprint density at radius 2 is 1.67 bits per heavy atom. The molecular weight excluding hydrogens is 298 g/mol. The van der Waals surface area contributed by atoms with Crippen LogP contribution in [0.2, 0.25) is 0 Å². The molecule has 0 atom stereocenters. The second kappa shape index (κ2) is 5.96. The summed E-state index contributed by atoms with van der Waals surface area (Å²) < 4.78 is 1.70. The predicted molar refractivity (Wildman–Crippen MR) is 96.0 cm³/mol. The average Bonchev–Trinajstić information content (AvgIpc) is 2.96. The number of nitrogen functional groups attached to an aromatic ring is 1. The van der Waals surface area contributed by atoms with Crippen molar-refractivity contribution < 1.29 is 0 Å². The summed E-state index contributed by atoms with van der Waals surface area (Å²) in [6, 6.07) is 15.8. The number of fused-ring (bicyclic) bond motifs is 1. The molecule has 4 rings (SSSR count). The monoisotopic (exact) mass is 313 g/mol. The highest BCUT2D eigenvalue weighted by atomic mass is 15.3. The zero-order valence-electron chi connectivity index (χ0n) is 12.9. The maximum atomic E-state index is 6.07. The molecule has 5 heteroatoms. The van der Waals surface area contributed by atoms with Gasteiger partial charge in [-0.1, -0.05) is 48.6 Å². The van der Waals surface area contributed by atoms with Crippen LogP contribution in [0.5, 0.6) is 0 Å². The van der Waals surface area contributed by atoms with Crippen LogP contribution in [0.15, 0.2) is 67.1 Å². The van der Waals surface area contributed by atoms with E-state index in [4.69, 9.17) is 5.73 Å². The van der Waals surface area contributed by atoms with E-state index in [1.54, 1.807) is 10.7 Å². The maximum absolute atomic E-state index is 6.07. The first-order chi connectivity index (χ1) is 11.8. The van der Waals surface area contributed by atoms with E-state index < -0.39 is 0 Å². The van der Waals surface area contributed by atoms with Crippen molar-refractivity contribution in [2.45, 2.75) is 0 Å². The fourth-order valence-corrected chi connectivity index (χ4v) is 2.57. The Balaban J connectivity index is 1.74. The van der Waals surface area contributed by atoms with Gasteiger partial charge in [0, 0.05) is 24.2 Å². The summed E-state index contributed by atoms with van der Waals surface area (Å²) in [7, 11) is 0. The number of nitrogens with two attached hydrogens (primary N) is 1. The zero-order valence-corrected chi connectivity index (χ0v) is 12.9. The summed E-state index contributed by atoms with van der Waals surface area (Å²) in [4.78, 5) is 8.86. The summed E-state index contributed by atoms with van der Waals surface area (Å²) in [5, 5.41) is 4.36. The first-order valence-electron chi connectivity index (χ1n) is 7.60. The molecule has 5 nitrogen and oxygen atoms in total. The fraction of sp³-hybridized carbons (Fsp3) is 0. The molecule has 0 fully saturated rings. The van der Waals surface area contributed by atoms with Crippen molar-refractivity contribution in [2.24, 2.45) is 0 Å².